The van der Waals surface area contributed by atoms with E-state index >= 15 is 0 Å². The Labute approximate surface area is 111 Å². The molecule has 96 valence electrons. The van der Waals surface area contributed by atoms with Crippen molar-refractivity contribution in [3.63, 3.8) is 0 Å². The smallest absolute Gasteiger partial charge is 0.154 e. The molecule has 3 nitrogen and oxygen atoms in total. The lowest BCUT2D eigenvalue weighted by Gasteiger charge is -2.10. The maximum Gasteiger partial charge on any atom is 0.154 e. The van der Waals surface area contributed by atoms with Crippen LogP contribution in [0.4, 0.5) is 0 Å². The molecule has 0 saturated carbocycles. The fourth-order valence-corrected chi connectivity index (χ4v) is 3.97. The second-order valence-electron chi connectivity index (χ2n) is 4.41. The van der Waals surface area contributed by atoms with E-state index in [1.807, 2.05) is 25.1 Å². The summed E-state index contributed by atoms with van der Waals surface area (Å²) < 4.78 is 24.7. The van der Waals surface area contributed by atoms with E-state index in [1.54, 1.807) is 6.92 Å². The van der Waals surface area contributed by atoms with E-state index in [0.717, 1.165) is 15.6 Å². The number of rotatable bonds is 5. The van der Waals surface area contributed by atoms with Crippen molar-refractivity contribution < 1.29 is 13.5 Å². The molecule has 1 aromatic carbocycles. The molecule has 0 spiro atoms. The van der Waals surface area contributed by atoms with E-state index in [9.17, 15) is 8.42 Å². The summed E-state index contributed by atoms with van der Waals surface area (Å²) in [5, 5.41) is 8.88. The van der Waals surface area contributed by atoms with Gasteiger partial charge in [-0.15, -0.1) is 0 Å². The number of halogens is 1. The summed E-state index contributed by atoms with van der Waals surface area (Å²) in [6.45, 7) is 3.52. The summed E-state index contributed by atoms with van der Waals surface area (Å²) in [4.78, 5) is 0. The number of aryl methyl sites for hydroxylation is 1. The number of benzene rings is 1. The first-order valence-corrected chi connectivity index (χ1v) is 8.02. The van der Waals surface area contributed by atoms with Crippen molar-refractivity contribution in [2.45, 2.75) is 19.6 Å². The third kappa shape index (κ3) is 4.77. The second-order valence-corrected chi connectivity index (χ2v) is 7.44. The van der Waals surface area contributed by atoms with Gasteiger partial charge in [-0.3, -0.25) is 0 Å². The fraction of sp³-hybridized carbons (Fsp3) is 0.500. The van der Waals surface area contributed by atoms with Gasteiger partial charge in [0.15, 0.2) is 9.84 Å². The molecule has 0 radical (unpaired) electrons. The van der Waals surface area contributed by atoms with Crippen LogP contribution in [0, 0.1) is 12.8 Å². The zero-order chi connectivity index (χ0) is 13.1. The molecule has 0 aliphatic carbocycles. The van der Waals surface area contributed by atoms with Gasteiger partial charge in [-0.25, -0.2) is 8.42 Å². The van der Waals surface area contributed by atoms with E-state index < -0.39 is 9.84 Å². The minimum absolute atomic E-state index is 0.0268. The van der Waals surface area contributed by atoms with Crippen molar-refractivity contribution in [3.05, 3.63) is 33.8 Å². The normalized spacial score (nSPS) is 13.6. The lowest BCUT2D eigenvalue weighted by Crippen LogP contribution is -2.18. The molecule has 0 aromatic heterocycles. The highest BCUT2D eigenvalue weighted by molar-refractivity contribution is 9.10. The van der Waals surface area contributed by atoms with Gasteiger partial charge in [-0.05, 0) is 36.1 Å². The lowest BCUT2D eigenvalue weighted by molar-refractivity contribution is 0.249. The van der Waals surface area contributed by atoms with Crippen molar-refractivity contribution in [2.24, 2.45) is 5.92 Å². The molecule has 0 fully saturated rings. The Hall–Kier alpha value is -0.390. The van der Waals surface area contributed by atoms with Crippen molar-refractivity contribution in [3.8, 4) is 0 Å². The first-order chi connectivity index (χ1) is 7.84. The molecule has 0 saturated heterocycles. The van der Waals surface area contributed by atoms with Crippen LogP contribution in [0.15, 0.2) is 22.7 Å². The fourth-order valence-electron chi connectivity index (χ4n) is 1.60. The summed E-state index contributed by atoms with van der Waals surface area (Å²) in [6, 6.07) is 5.56. The molecule has 5 heteroatoms. The van der Waals surface area contributed by atoms with Gasteiger partial charge in [0.2, 0.25) is 0 Å². The Morgan fingerprint density at radius 1 is 1.41 bits per heavy atom. The minimum Gasteiger partial charge on any atom is -0.396 e. The van der Waals surface area contributed by atoms with Crippen molar-refractivity contribution >= 4 is 25.8 Å². The number of aliphatic hydroxyl groups is 1. The number of hydrogen-bond donors (Lipinski definition) is 1. The van der Waals surface area contributed by atoms with Crippen LogP contribution in [-0.2, 0) is 15.6 Å². The van der Waals surface area contributed by atoms with Crippen LogP contribution in [0.5, 0.6) is 0 Å². The predicted octanol–water partition coefficient (Wildman–Crippen LogP) is 2.30. The van der Waals surface area contributed by atoms with Crippen LogP contribution in [0.3, 0.4) is 0 Å². The summed E-state index contributed by atoms with van der Waals surface area (Å²) in [5.74, 6) is -0.147. The molecule has 1 aromatic rings. The van der Waals surface area contributed by atoms with E-state index in [0.29, 0.717) is 0 Å². The highest BCUT2D eigenvalue weighted by Crippen LogP contribution is 2.18. The Morgan fingerprint density at radius 3 is 2.59 bits per heavy atom. The first-order valence-electron chi connectivity index (χ1n) is 5.40. The number of sulfone groups is 1. The molecule has 0 amide bonds. The zero-order valence-electron chi connectivity index (χ0n) is 9.98. The molecular weight excluding hydrogens is 304 g/mol. The largest absolute Gasteiger partial charge is 0.396 e. The highest BCUT2D eigenvalue weighted by Gasteiger charge is 2.17. The second kappa shape index (κ2) is 5.98. The quantitative estimate of drug-likeness (QED) is 0.905. The minimum atomic E-state index is -3.16. The van der Waals surface area contributed by atoms with Gasteiger partial charge in [-0.2, -0.15) is 0 Å². The van der Waals surface area contributed by atoms with Gasteiger partial charge in [0.25, 0.3) is 0 Å². The molecule has 1 N–H and O–H groups in total. The van der Waals surface area contributed by atoms with Crippen LogP contribution in [0.1, 0.15) is 18.1 Å². The van der Waals surface area contributed by atoms with Crippen molar-refractivity contribution in [1.29, 1.82) is 0 Å². The zero-order valence-corrected chi connectivity index (χ0v) is 12.4. The van der Waals surface area contributed by atoms with Gasteiger partial charge in [0, 0.05) is 11.1 Å². The maximum atomic E-state index is 11.9. The Balaban J connectivity index is 2.83. The molecule has 1 atom stereocenters. The number of aliphatic hydroxyl groups excluding tert-OH is 1. The Bertz CT molecular complexity index is 483. The molecule has 0 aliphatic heterocycles. The monoisotopic (exact) mass is 320 g/mol. The van der Waals surface area contributed by atoms with Crippen LogP contribution in [0.2, 0.25) is 0 Å². The number of hydrogen-bond acceptors (Lipinski definition) is 3. The maximum absolute atomic E-state index is 11.9. The summed E-state index contributed by atoms with van der Waals surface area (Å²) >= 11 is 3.34. The lowest BCUT2D eigenvalue weighted by atomic mass is 10.1. The van der Waals surface area contributed by atoms with Crippen LogP contribution >= 0.6 is 15.9 Å². The Kier molecular flexibility index (Phi) is 5.16. The van der Waals surface area contributed by atoms with E-state index in [1.165, 1.54) is 0 Å². The van der Waals surface area contributed by atoms with E-state index in [-0.39, 0.29) is 24.0 Å². The third-order valence-corrected chi connectivity index (χ3v) is 4.85. The molecule has 0 bridgehead atoms. The van der Waals surface area contributed by atoms with Gasteiger partial charge < -0.3 is 5.11 Å². The third-order valence-electron chi connectivity index (χ3n) is 2.53. The standard InChI is InChI=1S/C12H17BrO3S/c1-9(6-14)7-17(15,16)8-11-3-4-12(13)5-10(11)2/h3-5,9,14H,6-8H2,1-2H3/t9-/m1/s1. The molecule has 0 heterocycles. The summed E-state index contributed by atoms with van der Waals surface area (Å²) in [5.41, 5.74) is 1.78. The summed E-state index contributed by atoms with van der Waals surface area (Å²) in [7, 11) is -3.16. The van der Waals surface area contributed by atoms with Gasteiger partial charge in [-0.1, -0.05) is 28.9 Å². The molecule has 0 aliphatic rings. The molecular formula is C12H17BrO3S. The van der Waals surface area contributed by atoms with E-state index in [2.05, 4.69) is 15.9 Å². The van der Waals surface area contributed by atoms with Crippen LogP contribution < -0.4 is 0 Å². The van der Waals surface area contributed by atoms with Crippen LogP contribution in [0.25, 0.3) is 0 Å². The van der Waals surface area contributed by atoms with Crippen LogP contribution in [-0.4, -0.2) is 25.9 Å². The average molecular weight is 321 g/mol. The van der Waals surface area contributed by atoms with Crippen molar-refractivity contribution in [1.82, 2.24) is 0 Å². The van der Waals surface area contributed by atoms with Gasteiger partial charge in [0.1, 0.15) is 0 Å². The first kappa shape index (κ1) is 14.7. The predicted molar refractivity (Wildman–Crippen MR) is 72.6 cm³/mol. The Morgan fingerprint density at radius 2 is 2.06 bits per heavy atom. The molecule has 1 rings (SSSR count). The highest BCUT2D eigenvalue weighted by atomic mass is 79.9. The summed E-state index contributed by atoms with van der Waals surface area (Å²) in [6.07, 6.45) is 0. The average Bonchev–Trinajstić information content (AvgIpc) is 2.21. The van der Waals surface area contributed by atoms with Crippen molar-refractivity contribution in [2.75, 3.05) is 12.4 Å². The topological polar surface area (TPSA) is 54.4 Å². The molecule has 0 unspecified atom stereocenters. The van der Waals surface area contributed by atoms with E-state index in [4.69, 9.17) is 5.11 Å². The SMILES string of the molecule is Cc1cc(Br)ccc1CS(=O)(=O)C[C@H](C)CO. The van der Waals surface area contributed by atoms with Gasteiger partial charge in [0.05, 0.1) is 11.5 Å². The van der Waals surface area contributed by atoms with Gasteiger partial charge >= 0.3 is 0 Å². The molecule has 17 heavy (non-hydrogen) atoms.